The third-order valence-corrected chi connectivity index (χ3v) is 3.96. The number of hydrogen-bond acceptors (Lipinski definition) is 4. The normalized spacial score (nSPS) is 12.9. The molecule has 0 spiro atoms. The van der Waals surface area contributed by atoms with E-state index in [9.17, 15) is 0 Å². The second-order valence-corrected chi connectivity index (χ2v) is 4.78. The zero-order chi connectivity index (χ0) is 12.3. The van der Waals surface area contributed by atoms with Gasteiger partial charge in [0.05, 0.1) is 11.7 Å². The number of nitrogens with zero attached hydrogens (tertiary/aromatic N) is 2. The fourth-order valence-electron chi connectivity index (χ4n) is 2.04. The molecular formula is C12H18N4S. The van der Waals surface area contributed by atoms with Crippen molar-refractivity contribution in [1.29, 1.82) is 0 Å². The van der Waals surface area contributed by atoms with E-state index in [0.717, 1.165) is 18.7 Å². The Morgan fingerprint density at radius 3 is 2.94 bits per heavy atom. The van der Waals surface area contributed by atoms with Crippen LogP contribution in [-0.2, 0) is 13.0 Å². The van der Waals surface area contributed by atoms with Crippen LogP contribution in [0.5, 0.6) is 0 Å². The third kappa shape index (κ3) is 2.26. The molecule has 92 valence electrons. The summed E-state index contributed by atoms with van der Waals surface area (Å²) >= 11 is 1.74. The third-order valence-electron chi connectivity index (χ3n) is 2.94. The van der Waals surface area contributed by atoms with Crippen molar-refractivity contribution in [3.8, 4) is 0 Å². The van der Waals surface area contributed by atoms with E-state index in [1.54, 1.807) is 11.3 Å². The van der Waals surface area contributed by atoms with Crippen LogP contribution in [0.2, 0.25) is 0 Å². The maximum atomic E-state index is 5.72. The Morgan fingerprint density at radius 1 is 1.47 bits per heavy atom. The Bertz CT molecular complexity index is 432. The number of thiophene rings is 1. The summed E-state index contributed by atoms with van der Waals surface area (Å²) in [5, 5.41) is 6.41. The molecule has 0 fully saturated rings. The van der Waals surface area contributed by atoms with Gasteiger partial charge < -0.3 is 0 Å². The number of aryl methyl sites for hydroxylation is 2. The average Bonchev–Trinajstić information content (AvgIpc) is 2.98. The maximum absolute atomic E-state index is 5.72. The molecular weight excluding hydrogens is 232 g/mol. The highest BCUT2D eigenvalue weighted by Crippen LogP contribution is 2.29. The molecule has 5 heteroatoms. The smallest absolute Gasteiger partial charge is 0.0972 e. The molecule has 0 aliphatic heterocycles. The quantitative estimate of drug-likeness (QED) is 0.631. The van der Waals surface area contributed by atoms with Crippen molar-refractivity contribution in [3.05, 3.63) is 39.8 Å². The molecule has 4 nitrogen and oxygen atoms in total. The number of nitrogens with one attached hydrogen (secondary N) is 1. The highest BCUT2D eigenvalue weighted by Gasteiger charge is 2.20. The molecule has 2 rings (SSSR count). The van der Waals surface area contributed by atoms with Gasteiger partial charge in [0, 0.05) is 17.6 Å². The van der Waals surface area contributed by atoms with Crippen LogP contribution >= 0.6 is 11.3 Å². The van der Waals surface area contributed by atoms with Crippen molar-refractivity contribution < 1.29 is 0 Å². The van der Waals surface area contributed by atoms with E-state index in [0.29, 0.717) is 0 Å². The molecule has 0 amide bonds. The average molecular weight is 250 g/mol. The SMILES string of the molecule is CCc1ccsc1C(NN)c1ccnn1CC. The summed E-state index contributed by atoms with van der Waals surface area (Å²) in [6.07, 6.45) is 2.85. The van der Waals surface area contributed by atoms with Crippen LogP contribution in [-0.4, -0.2) is 9.78 Å². The zero-order valence-corrected chi connectivity index (χ0v) is 11.0. The van der Waals surface area contributed by atoms with Crippen molar-refractivity contribution in [3.63, 3.8) is 0 Å². The van der Waals surface area contributed by atoms with Gasteiger partial charge in [-0.1, -0.05) is 6.92 Å². The second-order valence-electron chi connectivity index (χ2n) is 3.84. The first kappa shape index (κ1) is 12.3. The minimum Gasteiger partial charge on any atom is -0.270 e. The lowest BCUT2D eigenvalue weighted by atomic mass is 10.1. The van der Waals surface area contributed by atoms with Crippen LogP contribution in [0.1, 0.15) is 36.0 Å². The number of nitrogens with two attached hydrogens (primary N) is 1. The molecule has 1 unspecified atom stereocenters. The number of rotatable bonds is 5. The summed E-state index contributed by atoms with van der Waals surface area (Å²) in [6.45, 7) is 5.10. The van der Waals surface area contributed by atoms with Crippen LogP contribution in [0.3, 0.4) is 0 Å². The molecule has 3 N–H and O–H groups in total. The first-order valence-corrected chi connectivity index (χ1v) is 6.73. The molecule has 0 aromatic carbocycles. The Labute approximate surface area is 105 Å². The van der Waals surface area contributed by atoms with Gasteiger partial charge in [-0.3, -0.25) is 10.5 Å². The van der Waals surface area contributed by atoms with Crippen molar-refractivity contribution in [2.75, 3.05) is 0 Å². The van der Waals surface area contributed by atoms with Gasteiger partial charge in [-0.25, -0.2) is 5.43 Å². The monoisotopic (exact) mass is 250 g/mol. The molecule has 17 heavy (non-hydrogen) atoms. The van der Waals surface area contributed by atoms with Gasteiger partial charge >= 0.3 is 0 Å². The Balaban J connectivity index is 2.40. The molecule has 2 aromatic heterocycles. The predicted octanol–water partition coefficient (Wildman–Crippen LogP) is 2.08. The number of hydrogen-bond donors (Lipinski definition) is 2. The molecule has 0 bridgehead atoms. The molecule has 0 aliphatic rings. The van der Waals surface area contributed by atoms with Gasteiger partial charge in [-0.2, -0.15) is 5.10 Å². The molecule has 0 aliphatic carbocycles. The van der Waals surface area contributed by atoms with Crippen molar-refractivity contribution in [1.82, 2.24) is 15.2 Å². The lowest BCUT2D eigenvalue weighted by molar-refractivity contribution is 0.546. The number of hydrazine groups is 1. The van der Waals surface area contributed by atoms with Gasteiger partial charge in [0.25, 0.3) is 0 Å². The largest absolute Gasteiger partial charge is 0.270 e. The fraction of sp³-hybridized carbons (Fsp3) is 0.417. The van der Waals surface area contributed by atoms with E-state index in [1.807, 2.05) is 16.9 Å². The first-order chi connectivity index (χ1) is 8.31. The summed E-state index contributed by atoms with van der Waals surface area (Å²) in [7, 11) is 0. The summed E-state index contributed by atoms with van der Waals surface area (Å²) < 4.78 is 1.98. The minimum absolute atomic E-state index is 0.0346. The van der Waals surface area contributed by atoms with Crippen molar-refractivity contribution in [2.45, 2.75) is 32.9 Å². The topological polar surface area (TPSA) is 55.9 Å². The standard InChI is InChI=1S/C12H18N4S/c1-3-9-6-8-17-12(9)11(15-13)10-5-7-14-16(10)4-2/h5-8,11,15H,3-4,13H2,1-2H3. The number of aromatic nitrogens is 2. The molecule has 1 atom stereocenters. The van der Waals surface area contributed by atoms with Gasteiger partial charge in [-0.15, -0.1) is 11.3 Å². The maximum Gasteiger partial charge on any atom is 0.0972 e. The highest BCUT2D eigenvalue weighted by molar-refractivity contribution is 7.10. The summed E-state index contributed by atoms with van der Waals surface area (Å²) in [6, 6.07) is 4.22. The van der Waals surface area contributed by atoms with E-state index in [2.05, 4.69) is 35.8 Å². The van der Waals surface area contributed by atoms with Crippen LogP contribution in [0.15, 0.2) is 23.7 Å². The summed E-state index contributed by atoms with van der Waals surface area (Å²) in [5.74, 6) is 5.72. The highest BCUT2D eigenvalue weighted by atomic mass is 32.1. The lowest BCUT2D eigenvalue weighted by Gasteiger charge is -2.17. The molecule has 0 saturated heterocycles. The van der Waals surface area contributed by atoms with E-state index in [-0.39, 0.29) is 6.04 Å². The van der Waals surface area contributed by atoms with Crippen molar-refractivity contribution in [2.24, 2.45) is 5.84 Å². The first-order valence-electron chi connectivity index (χ1n) is 5.85. The summed E-state index contributed by atoms with van der Waals surface area (Å²) in [5.41, 5.74) is 5.37. The van der Waals surface area contributed by atoms with E-state index >= 15 is 0 Å². The molecule has 2 aromatic rings. The van der Waals surface area contributed by atoms with E-state index in [1.165, 1.54) is 10.4 Å². The van der Waals surface area contributed by atoms with Crippen LogP contribution in [0.25, 0.3) is 0 Å². The van der Waals surface area contributed by atoms with Gasteiger partial charge in [0.1, 0.15) is 0 Å². The lowest BCUT2D eigenvalue weighted by Crippen LogP contribution is -2.30. The predicted molar refractivity (Wildman–Crippen MR) is 70.8 cm³/mol. The second kappa shape index (κ2) is 5.44. The fourth-order valence-corrected chi connectivity index (χ4v) is 3.11. The van der Waals surface area contributed by atoms with Gasteiger partial charge in [-0.05, 0) is 36.4 Å². The van der Waals surface area contributed by atoms with E-state index < -0.39 is 0 Å². The Morgan fingerprint density at radius 2 is 2.29 bits per heavy atom. The Kier molecular flexibility index (Phi) is 3.93. The molecule has 0 radical (unpaired) electrons. The van der Waals surface area contributed by atoms with Crippen LogP contribution in [0.4, 0.5) is 0 Å². The molecule has 0 saturated carbocycles. The van der Waals surface area contributed by atoms with Gasteiger partial charge in [0.15, 0.2) is 0 Å². The van der Waals surface area contributed by atoms with E-state index in [4.69, 9.17) is 5.84 Å². The van der Waals surface area contributed by atoms with Crippen molar-refractivity contribution >= 4 is 11.3 Å². The van der Waals surface area contributed by atoms with Crippen LogP contribution < -0.4 is 11.3 Å². The summed E-state index contributed by atoms with van der Waals surface area (Å²) in [4.78, 5) is 1.28. The molecule has 2 heterocycles. The Hall–Kier alpha value is -1.17. The minimum atomic E-state index is 0.0346. The van der Waals surface area contributed by atoms with Gasteiger partial charge in [0.2, 0.25) is 0 Å². The van der Waals surface area contributed by atoms with Crippen LogP contribution in [0, 0.1) is 0 Å². The zero-order valence-electron chi connectivity index (χ0n) is 10.2.